The minimum atomic E-state index is -0.730. The number of rotatable bonds is 12. The van der Waals surface area contributed by atoms with E-state index in [-0.39, 0.29) is 46.0 Å². The van der Waals surface area contributed by atoms with Gasteiger partial charge in [-0.3, -0.25) is 0 Å². The van der Waals surface area contributed by atoms with Crippen molar-refractivity contribution in [1.82, 2.24) is 5.06 Å². The fourth-order valence-corrected chi connectivity index (χ4v) is 2.07. The van der Waals surface area contributed by atoms with Gasteiger partial charge in [0.05, 0.1) is 25.9 Å². The third-order valence-electron chi connectivity index (χ3n) is 3.12. The van der Waals surface area contributed by atoms with Gasteiger partial charge in [-0.2, -0.15) is 0 Å². The summed E-state index contributed by atoms with van der Waals surface area (Å²) in [6, 6.07) is -0.424. The Morgan fingerprint density at radius 1 is 1.11 bits per heavy atom. The SMILES string of the molecule is C=CCC(CCN([O-])CCO)[N+]([O-])(CCO)CCO. The third kappa shape index (κ3) is 6.98. The molecule has 0 amide bonds. The summed E-state index contributed by atoms with van der Waals surface area (Å²) in [6.45, 7) is 2.95. The first-order chi connectivity index (χ1) is 9.03. The van der Waals surface area contributed by atoms with E-state index < -0.39 is 10.7 Å². The summed E-state index contributed by atoms with van der Waals surface area (Å²) in [5.41, 5.74) is 0. The zero-order valence-electron chi connectivity index (χ0n) is 11.3. The number of quaternary nitrogens is 1. The van der Waals surface area contributed by atoms with Crippen LogP contribution < -0.4 is 0 Å². The van der Waals surface area contributed by atoms with Crippen LogP contribution in [0.4, 0.5) is 0 Å². The lowest BCUT2D eigenvalue weighted by atomic mass is 10.1. The fraction of sp³-hybridized carbons (Fsp3) is 0.833. The van der Waals surface area contributed by atoms with Gasteiger partial charge in [0.1, 0.15) is 13.1 Å². The van der Waals surface area contributed by atoms with E-state index in [1.165, 1.54) is 0 Å². The van der Waals surface area contributed by atoms with Crippen LogP contribution >= 0.6 is 0 Å². The van der Waals surface area contributed by atoms with Gasteiger partial charge in [-0.15, -0.1) is 6.58 Å². The van der Waals surface area contributed by atoms with Crippen molar-refractivity contribution in [3.8, 4) is 0 Å². The molecule has 19 heavy (non-hydrogen) atoms. The first kappa shape index (κ1) is 18.5. The predicted molar refractivity (Wildman–Crippen MR) is 72.8 cm³/mol. The lowest BCUT2D eigenvalue weighted by molar-refractivity contribution is -0.906. The Balaban J connectivity index is 4.59. The molecule has 7 nitrogen and oxygen atoms in total. The van der Waals surface area contributed by atoms with Crippen LogP contribution in [0, 0.1) is 10.4 Å². The average molecular weight is 277 g/mol. The molecular formula is C12H25N2O5-. The van der Waals surface area contributed by atoms with E-state index in [0.29, 0.717) is 17.9 Å². The van der Waals surface area contributed by atoms with E-state index in [2.05, 4.69) is 6.58 Å². The average Bonchev–Trinajstić information content (AvgIpc) is 2.35. The Morgan fingerprint density at radius 2 is 1.68 bits per heavy atom. The van der Waals surface area contributed by atoms with Crippen molar-refractivity contribution in [3.63, 3.8) is 0 Å². The Hall–Kier alpha value is -0.540. The maximum absolute atomic E-state index is 12.6. The largest absolute Gasteiger partial charge is 0.785 e. The minimum Gasteiger partial charge on any atom is -0.785 e. The van der Waals surface area contributed by atoms with Crippen LogP contribution in [0.25, 0.3) is 0 Å². The van der Waals surface area contributed by atoms with E-state index in [0.717, 1.165) is 0 Å². The summed E-state index contributed by atoms with van der Waals surface area (Å²) in [6.07, 6.45) is 2.35. The monoisotopic (exact) mass is 277 g/mol. The van der Waals surface area contributed by atoms with Crippen LogP contribution in [0.3, 0.4) is 0 Å². The van der Waals surface area contributed by atoms with Gasteiger partial charge in [0.25, 0.3) is 0 Å². The summed E-state index contributed by atoms with van der Waals surface area (Å²) >= 11 is 0. The third-order valence-corrected chi connectivity index (χ3v) is 3.12. The molecular weight excluding hydrogens is 252 g/mol. The summed E-state index contributed by atoms with van der Waals surface area (Å²) < 4.78 is -0.730. The summed E-state index contributed by atoms with van der Waals surface area (Å²) in [5, 5.41) is 51.2. The van der Waals surface area contributed by atoms with Crippen molar-refractivity contribution in [2.45, 2.75) is 18.9 Å². The fourth-order valence-electron chi connectivity index (χ4n) is 2.07. The Labute approximate surface area is 114 Å². The van der Waals surface area contributed by atoms with Crippen LogP contribution in [0.15, 0.2) is 12.7 Å². The number of hydrogen-bond acceptors (Lipinski definition) is 6. The van der Waals surface area contributed by atoms with Gasteiger partial charge < -0.3 is 35.4 Å². The van der Waals surface area contributed by atoms with Gasteiger partial charge in [-0.1, -0.05) is 6.08 Å². The van der Waals surface area contributed by atoms with Crippen LogP contribution in [0.1, 0.15) is 12.8 Å². The van der Waals surface area contributed by atoms with Gasteiger partial charge in [-0.25, -0.2) is 0 Å². The summed E-state index contributed by atoms with van der Waals surface area (Å²) in [5.74, 6) is 0. The molecule has 0 aliphatic heterocycles. The lowest BCUT2D eigenvalue weighted by Gasteiger charge is -2.49. The highest BCUT2D eigenvalue weighted by Gasteiger charge is 2.26. The molecule has 0 aromatic heterocycles. The molecule has 0 aliphatic carbocycles. The standard InChI is InChI=1S/C12H25N2O5/c1-2-3-12(4-5-13(18)6-9-15)14(19,7-10-16)8-11-17/h2,12,15-17H,1,3-11H2/q-1. The topological polar surface area (TPSA) is 110 Å². The van der Waals surface area contributed by atoms with Gasteiger partial charge in [0.2, 0.25) is 0 Å². The molecule has 1 atom stereocenters. The smallest absolute Gasteiger partial charge is 0.102 e. The molecule has 1 unspecified atom stereocenters. The van der Waals surface area contributed by atoms with Crippen molar-refractivity contribution in [3.05, 3.63) is 23.1 Å². The predicted octanol–water partition coefficient (Wildman–Crippen LogP) is -0.587. The maximum Gasteiger partial charge on any atom is 0.102 e. The number of hydrogen-bond donors (Lipinski definition) is 3. The zero-order valence-corrected chi connectivity index (χ0v) is 11.3. The molecule has 114 valence electrons. The first-order valence-corrected chi connectivity index (χ1v) is 6.47. The van der Waals surface area contributed by atoms with Gasteiger partial charge in [-0.05, 0) is 6.54 Å². The zero-order chi connectivity index (χ0) is 14.7. The molecule has 0 fully saturated rings. The Morgan fingerprint density at radius 3 is 2.11 bits per heavy atom. The number of hydroxylamine groups is 5. The molecule has 0 aromatic rings. The second kappa shape index (κ2) is 10.3. The van der Waals surface area contributed by atoms with Crippen LogP contribution in [0.5, 0.6) is 0 Å². The molecule has 0 radical (unpaired) electrons. The highest BCUT2D eigenvalue weighted by molar-refractivity contribution is 4.76. The van der Waals surface area contributed by atoms with Gasteiger partial charge in [0, 0.05) is 19.4 Å². The highest BCUT2D eigenvalue weighted by Crippen LogP contribution is 2.19. The van der Waals surface area contributed by atoms with Crippen LogP contribution in [-0.2, 0) is 0 Å². The highest BCUT2D eigenvalue weighted by atomic mass is 16.6. The molecule has 7 heteroatoms. The Bertz CT molecular complexity index is 234. The van der Waals surface area contributed by atoms with Crippen molar-refractivity contribution in [1.29, 1.82) is 0 Å². The van der Waals surface area contributed by atoms with Crippen molar-refractivity contribution in [2.24, 2.45) is 0 Å². The maximum atomic E-state index is 12.6. The molecule has 0 spiro atoms. The molecule has 0 bridgehead atoms. The van der Waals surface area contributed by atoms with Crippen LogP contribution in [-0.4, -0.2) is 77.1 Å². The van der Waals surface area contributed by atoms with Crippen molar-refractivity contribution in [2.75, 3.05) is 46.0 Å². The molecule has 0 aliphatic rings. The van der Waals surface area contributed by atoms with Crippen LogP contribution in [0.2, 0.25) is 0 Å². The minimum absolute atomic E-state index is 0.0136. The van der Waals surface area contributed by atoms with Gasteiger partial charge >= 0.3 is 0 Å². The van der Waals surface area contributed by atoms with E-state index in [4.69, 9.17) is 15.3 Å². The van der Waals surface area contributed by atoms with E-state index in [1.54, 1.807) is 6.08 Å². The van der Waals surface area contributed by atoms with Crippen molar-refractivity contribution < 1.29 is 20.0 Å². The normalized spacial score (nSPS) is 13.8. The molecule has 0 saturated heterocycles. The second-order valence-electron chi connectivity index (χ2n) is 4.47. The van der Waals surface area contributed by atoms with E-state index >= 15 is 0 Å². The van der Waals surface area contributed by atoms with Gasteiger partial charge in [0.15, 0.2) is 0 Å². The second-order valence-corrected chi connectivity index (χ2v) is 4.47. The Kier molecular flexibility index (Phi) is 9.98. The molecule has 0 rings (SSSR count). The summed E-state index contributed by atoms with van der Waals surface area (Å²) in [4.78, 5) is 0. The molecule has 0 saturated carbocycles. The molecule has 0 heterocycles. The van der Waals surface area contributed by atoms with E-state index in [9.17, 15) is 10.4 Å². The molecule has 3 N–H and O–H groups in total. The first-order valence-electron chi connectivity index (χ1n) is 6.47. The number of nitrogens with zero attached hydrogens (tertiary/aromatic N) is 2. The quantitative estimate of drug-likeness (QED) is 0.250. The lowest BCUT2D eigenvalue weighted by Crippen LogP contribution is -2.54. The van der Waals surface area contributed by atoms with Crippen molar-refractivity contribution >= 4 is 0 Å². The van der Waals surface area contributed by atoms with E-state index in [1.807, 2.05) is 0 Å². The number of aliphatic hydroxyl groups is 3. The summed E-state index contributed by atoms with van der Waals surface area (Å²) in [7, 11) is 0. The molecule has 0 aromatic carbocycles. The number of aliphatic hydroxyl groups excluding tert-OH is 3.